The summed E-state index contributed by atoms with van der Waals surface area (Å²) in [5, 5.41) is 13.3. The zero-order chi connectivity index (χ0) is 19.7. The standard InChI is InChI=1S/C22H33N3O3/c1-2-11-23-22(28)21-17(14-26)16-13-24-18(9-6-10-19(24)27)20(16)25(21)12-15-7-4-3-5-8-15/h6,9-10,15-17,20-21,26H,2-5,7-8,11-14H2,1H3,(H,23,28)/t16-,17-,20+,21-/m0/s1. The molecular formula is C22H33N3O3. The van der Waals surface area contributed by atoms with Crippen LogP contribution in [0.1, 0.15) is 57.2 Å². The highest BCUT2D eigenvalue weighted by Crippen LogP contribution is 2.49. The maximum Gasteiger partial charge on any atom is 0.250 e. The number of hydrogen-bond donors (Lipinski definition) is 2. The van der Waals surface area contributed by atoms with Gasteiger partial charge in [0, 0.05) is 49.8 Å². The summed E-state index contributed by atoms with van der Waals surface area (Å²) < 4.78 is 1.85. The first-order valence-electron chi connectivity index (χ1n) is 11.0. The van der Waals surface area contributed by atoms with E-state index in [1.165, 1.54) is 32.1 Å². The van der Waals surface area contributed by atoms with Gasteiger partial charge in [0.15, 0.2) is 0 Å². The summed E-state index contributed by atoms with van der Waals surface area (Å²) in [6.45, 7) is 4.18. The Hall–Kier alpha value is -1.66. The average Bonchev–Trinajstić information content (AvgIpc) is 3.23. The van der Waals surface area contributed by atoms with Crippen LogP contribution in [0, 0.1) is 17.8 Å². The first kappa shape index (κ1) is 19.6. The minimum absolute atomic E-state index is 0.0186. The van der Waals surface area contributed by atoms with Gasteiger partial charge in [0.25, 0.3) is 5.56 Å². The maximum absolute atomic E-state index is 13.1. The fraction of sp³-hybridized carbons (Fsp3) is 0.727. The minimum Gasteiger partial charge on any atom is -0.396 e. The first-order chi connectivity index (χ1) is 13.7. The molecule has 1 saturated carbocycles. The Morgan fingerprint density at radius 3 is 2.75 bits per heavy atom. The Bertz CT molecular complexity index is 756. The summed E-state index contributed by atoms with van der Waals surface area (Å²) in [4.78, 5) is 27.8. The van der Waals surface area contributed by atoms with Crippen LogP contribution in [0.3, 0.4) is 0 Å². The van der Waals surface area contributed by atoms with Crippen molar-refractivity contribution < 1.29 is 9.90 Å². The Morgan fingerprint density at radius 1 is 1.25 bits per heavy atom. The molecule has 4 rings (SSSR count). The lowest BCUT2D eigenvalue weighted by atomic mass is 9.88. The lowest BCUT2D eigenvalue weighted by Crippen LogP contribution is -2.49. The quantitative estimate of drug-likeness (QED) is 0.782. The lowest BCUT2D eigenvalue weighted by molar-refractivity contribution is -0.128. The van der Waals surface area contributed by atoms with E-state index in [0.717, 1.165) is 18.7 Å². The molecule has 2 fully saturated rings. The second kappa shape index (κ2) is 8.37. The lowest BCUT2D eigenvalue weighted by Gasteiger charge is -2.35. The van der Waals surface area contributed by atoms with E-state index in [0.29, 0.717) is 19.0 Å². The number of rotatable bonds is 6. The number of aromatic nitrogens is 1. The summed E-state index contributed by atoms with van der Waals surface area (Å²) in [5.74, 6) is 0.611. The summed E-state index contributed by atoms with van der Waals surface area (Å²) in [5.41, 5.74) is 1.03. The van der Waals surface area contributed by atoms with Gasteiger partial charge >= 0.3 is 0 Å². The molecule has 3 heterocycles. The van der Waals surface area contributed by atoms with E-state index in [4.69, 9.17) is 0 Å². The number of carbonyl (C=O) groups excluding carboxylic acids is 1. The molecular weight excluding hydrogens is 354 g/mol. The number of pyridine rings is 1. The van der Waals surface area contributed by atoms with Gasteiger partial charge in [-0.2, -0.15) is 0 Å². The van der Waals surface area contributed by atoms with Crippen LogP contribution in [0.15, 0.2) is 23.0 Å². The van der Waals surface area contributed by atoms with Crippen molar-refractivity contribution in [2.45, 2.75) is 64.1 Å². The highest BCUT2D eigenvalue weighted by molar-refractivity contribution is 5.82. The van der Waals surface area contributed by atoms with Crippen LogP contribution in [0.2, 0.25) is 0 Å². The Morgan fingerprint density at radius 2 is 2.04 bits per heavy atom. The van der Waals surface area contributed by atoms with E-state index in [1.54, 1.807) is 6.07 Å². The van der Waals surface area contributed by atoms with Gasteiger partial charge in [0.1, 0.15) is 0 Å². The van der Waals surface area contributed by atoms with Crippen molar-refractivity contribution in [3.05, 3.63) is 34.2 Å². The van der Waals surface area contributed by atoms with Crippen molar-refractivity contribution in [2.75, 3.05) is 19.7 Å². The maximum atomic E-state index is 13.1. The molecule has 2 aliphatic heterocycles. The van der Waals surface area contributed by atoms with Gasteiger partial charge in [-0.1, -0.05) is 32.3 Å². The molecule has 1 aromatic rings. The zero-order valence-corrected chi connectivity index (χ0v) is 16.8. The summed E-state index contributed by atoms with van der Waals surface area (Å²) in [6.07, 6.45) is 7.15. The molecule has 1 amide bonds. The van der Waals surface area contributed by atoms with Crippen molar-refractivity contribution in [2.24, 2.45) is 17.8 Å². The van der Waals surface area contributed by atoms with Crippen LogP contribution < -0.4 is 10.9 Å². The second-order valence-corrected chi connectivity index (χ2v) is 8.79. The van der Waals surface area contributed by atoms with E-state index >= 15 is 0 Å². The number of nitrogens with one attached hydrogen (secondary N) is 1. The molecule has 0 spiro atoms. The normalized spacial score (nSPS) is 30.2. The van der Waals surface area contributed by atoms with Gasteiger partial charge in [0.05, 0.1) is 12.1 Å². The summed E-state index contributed by atoms with van der Waals surface area (Å²) in [6, 6.07) is 5.20. The molecule has 0 radical (unpaired) electrons. The van der Waals surface area contributed by atoms with Crippen LogP contribution in [-0.2, 0) is 11.3 Å². The van der Waals surface area contributed by atoms with Gasteiger partial charge in [-0.3, -0.25) is 14.5 Å². The molecule has 0 bridgehead atoms. The molecule has 2 N–H and O–H groups in total. The second-order valence-electron chi connectivity index (χ2n) is 8.79. The van der Waals surface area contributed by atoms with E-state index in [9.17, 15) is 14.7 Å². The van der Waals surface area contributed by atoms with Crippen LogP contribution in [-0.4, -0.2) is 46.2 Å². The Kier molecular flexibility index (Phi) is 5.88. The van der Waals surface area contributed by atoms with Gasteiger partial charge in [-0.15, -0.1) is 0 Å². The van der Waals surface area contributed by atoms with Crippen molar-refractivity contribution >= 4 is 5.91 Å². The molecule has 4 atom stereocenters. The molecule has 28 heavy (non-hydrogen) atoms. The highest BCUT2D eigenvalue weighted by atomic mass is 16.3. The Balaban J connectivity index is 1.68. The Labute approximate surface area is 166 Å². The number of aliphatic hydroxyl groups is 1. The van der Waals surface area contributed by atoms with Crippen LogP contribution in [0.25, 0.3) is 0 Å². The number of likely N-dealkylation sites (tertiary alicyclic amines) is 1. The zero-order valence-electron chi connectivity index (χ0n) is 16.8. The van der Waals surface area contributed by atoms with E-state index in [2.05, 4.69) is 17.1 Å². The average molecular weight is 388 g/mol. The first-order valence-corrected chi connectivity index (χ1v) is 11.0. The molecule has 0 unspecified atom stereocenters. The van der Waals surface area contributed by atoms with Crippen molar-refractivity contribution in [3.8, 4) is 0 Å². The molecule has 6 nitrogen and oxygen atoms in total. The molecule has 3 aliphatic rings. The van der Waals surface area contributed by atoms with Crippen LogP contribution in [0.4, 0.5) is 0 Å². The smallest absolute Gasteiger partial charge is 0.250 e. The van der Waals surface area contributed by atoms with Gasteiger partial charge < -0.3 is 15.0 Å². The predicted molar refractivity (Wildman–Crippen MR) is 108 cm³/mol. The third-order valence-electron chi connectivity index (χ3n) is 7.08. The fourth-order valence-corrected chi connectivity index (χ4v) is 5.79. The van der Waals surface area contributed by atoms with Gasteiger partial charge in [0.2, 0.25) is 5.91 Å². The molecule has 0 aromatic carbocycles. The summed E-state index contributed by atoms with van der Waals surface area (Å²) >= 11 is 0. The number of carbonyl (C=O) groups is 1. The van der Waals surface area contributed by atoms with E-state index in [1.807, 2.05) is 16.7 Å². The minimum atomic E-state index is -0.308. The molecule has 154 valence electrons. The van der Waals surface area contributed by atoms with E-state index in [-0.39, 0.29) is 42.0 Å². The number of aliphatic hydroxyl groups excluding tert-OH is 1. The monoisotopic (exact) mass is 387 g/mol. The van der Waals surface area contributed by atoms with Crippen LogP contribution in [0.5, 0.6) is 0 Å². The van der Waals surface area contributed by atoms with E-state index < -0.39 is 0 Å². The van der Waals surface area contributed by atoms with Gasteiger partial charge in [-0.05, 0) is 31.2 Å². The molecule has 6 heteroatoms. The third kappa shape index (κ3) is 3.41. The number of fused-ring (bicyclic) bond motifs is 3. The topological polar surface area (TPSA) is 74.6 Å². The molecule has 1 aliphatic carbocycles. The predicted octanol–water partition coefficient (Wildman–Crippen LogP) is 1.92. The van der Waals surface area contributed by atoms with Gasteiger partial charge in [-0.25, -0.2) is 0 Å². The molecule has 1 aromatic heterocycles. The number of nitrogens with zero attached hydrogens (tertiary/aromatic N) is 2. The largest absolute Gasteiger partial charge is 0.396 e. The van der Waals surface area contributed by atoms with Crippen molar-refractivity contribution in [1.82, 2.24) is 14.8 Å². The van der Waals surface area contributed by atoms with Crippen molar-refractivity contribution in [3.63, 3.8) is 0 Å². The highest BCUT2D eigenvalue weighted by Gasteiger charge is 2.55. The van der Waals surface area contributed by atoms with Crippen molar-refractivity contribution in [1.29, 1.82) is 0 Å². The number of hydrogen-bond acceptors (Lipinski definition) is 4. The SMILES string of the molecule is CCCNC(=O)[C@@H]1[C@@H](CO)[C@@H]2Cn3c(cccc3=O)[C@@H]2N1CC1CCCCC1. The third-order valence-corrected chi connectivity index (χ3v) is 7.08. The van der Waals surface area contributed by atoms with Crippen LogP contribution >= 0.6 is 0 Å². The molecule has 1 saturated heterocycles. The fourth-order valence-electron chi connectivity index (χ4n) is 5.79. The summed E-state index contributed by atoms with van der Waals surface area (Å²) in [7, 11) is 0. The number of amides is 1.